The minimum Gasteiger partial charge on any atom is -0.345 e. The molecule has 0 unspecified atom stereocenters. The summed E-state index contributed by atoms with van der Waals surface area (Å²) < 4.78 is 0. The zero-order valence-corrected chi connectivity index (χ0v) is 12.7. The van der Waals surface area contributed by atoms with Crippen molar-refractivity contribution in [3.05, 3.63) is 23.5 Å². The first-order valence-corrected chi connectivity index (χ1v) is 7.33. The maximum absolute atomic E-state index is 12.1. The summed E-state index contributed by atoms with van der Waals surface area (Å²) in [6.07, 6.45) is 1.61. The smallest absolute Gasteiger partial charge is 0.238 e. The van der Waals surface area contributed by atoms with Gasteiger partial charge in [-0.2, -0.15) is 0 Å². The van der Waals surface area contributed by atoms with E-state index in [2.05, 4.69) is 32.1 Å². The van der Waals surface area contributed by atoms with Gasteiger partial charge in [-0.25, -0.2) is 4.98 Å². The number of imidazole rings is 1. The van der Waals surface area contributed by atoms with Crippen LogP contribution in [0, 0.1) is 0 Å². The molecule has 2 N–H and O–H groups in total. The van der Waals surface area contributed by atoms with Crippen LogP contribution in [0.5, 0.6) is 0 Å². The Bertz CT molecular complexity index is 648. The van der Waals surface area contributed by atoms with E-state index in [-0.39, 0.29) is 5.91 Å². The number of aromatic nitrogens is 2. The minimum absolute atomic E-state index is 0.0451. The molecule has 21 heavy (non-hydrogen) atoms. The molecule has 1 aromatic heterocycles. The van der Waals surface area contributed by atoms with E-state index in [1.165, 1.54) is 0 Å². The number of hydrogen-bond acceptors (Lipinski definition) is 4. The number of carbonyl (C=O) groups is 1. The van der Waals surface area contributed by atoms with Gasteiger partial charge in [-0.1, -0.05) is 11.6 Å². The number of hydrogen-bond donors (Lipinski definition) is 2. The number of likely N-dealkylation sites (N-methyl/N-ethyl adjacent to an activating group) is 1. The molecule has 3 rings (SSSR count). The fourth-order valence-corrected chi connectivity index (χ4v) is 2.66. The van der Waals surface area contributed by atoms with Gasteiger partial charge in [-0.3, -0.25) is 9.69 Å². The van der Waals surface area contributed by atoms with Crippen LogP contribution in [-0.4, -0.2) is 65.4 Å². The standard InChI is InChI=1S/C14H18ClN5O/c1-19-2-4-20(5-3-19)8-14(21)18-11-7-13-12(6-10(11)15)16-9-17-13/h6-7,9H,2-5,8H2,1H3,(H,16,17)(H,18,21). The maximum atomic E-state index is 12.1. The highest BCUT2D eigenvalue weighted by Crippen LogP contribution is 2.26. The minimum atomic E-state index is -0.0451. The predicted octanol–water partition coefficient (Wildman–Crippen LogP) is 1.40. The molecule has 7 heteroatoms. The number of anilines is 1. The second kappa shape index (κ2) is 6.01. The Labute approximate surface area is 128 Å². The molecule has 0 bridgehead atoms. The second-order valence-electron chi connectivity index (χ2n) is 5.38. The first-order valence-electron chi connectivity index (χ1n) is 6.95. The van der Waals surface area contributed by atoms with Gasteiger partial charge in [0.1, 0.15) is 0 Å². The van der Waals surface area contributed by atoms with Crippen LogP contribution in [0.2, 0.25) is 5.02 Å². The summed E-state index contributed by atoms with van der Waals surface area (Å²) >= 11 is 6.18. The van der Waals surface area contributed by atoms with Crippen molar-refractivity contribution in [2.45, 2.75) is 0 Å². The molecular formula is C14H18ClN5O. The molecule has 112 valence electrons. The lowest BCUT2D eigenvalue weighted by atomic mass is 10.2. The zero-order valence-electron chi connectivity index (χ0n) is 11.9. The van der Waals surface area contributed by atoms with Crippen LogP contribution in [0.4, 0.5) is 5.69 Å². The summed E-state index contributed by atoms with van der Waals surface area (Å²) in [6, 6.07) is 3.56. The van der Waals surface area contributed by atoms with Crippen LogP contribution in [0.1, 0.15) is 0 Å². The molecule has 1 saturated heterocycles. The van der Waals surface area contributed by atoms with Crippen molar-refractivity contribution in [2.24, 2.45) is 0 Å². The summed E-state index contributed by atoms with van der Waals surface area (Å²) in [5, 5.41) is 3.38. The average Bonchev–Trinajstić information content (AvgIpc) is 2.89. The SMILES string of the molecule is CN1CCN(CC(=O)Nc2cc3nc[nH]c3cc2Cl)CC1. The molecule has 1 aliphatic rings. The number of halogens is 1. The molecule has 0 atom stereocenters. The highest BCUT2D eigenvalue weighted by Gasteiger charge is 2.17. The first-order chi connectivity index (χ1) is 10.1. The topological polar surface area (TPSA) is 64.3 Å². The van der Waals surface area contributed by atoms with E-state index in [1.807, 2.05) is 0 Å². The normalized spacial score (nSPS) is 17.2. The van der Waals surface area contributed by atoms with Gasteiger partial charge in [-0.05, 0) is 19.2 Å². The largest absolute Gasteiger partial charge is 0.345 e. The highest BCUT2D eigenvalue weighted by atomic mass is 35.5. The van der Waals surface area contributed by atoms with Gasteiger partial charge in [0.05, 0.1) is 34.6 Å². The Morgan fingerprint density at radius 2 is 2.14 bits per heavy atom. The summed E-state index contributed by atoms with van der Waals surface area (Å²) in [4.78, 5) is 23.7. The average molecular weight is 308 g/mol. The molecule has 1 aromatic carbocycles. The van der Waals surface area contributed by atoms with Crippen molar-refractivity contribution in [2.75, 3.05) is 45.1 Å². The van der Waals surface area contributed by atoms with Crippen molar-refractivity contribution in [1.82, 2.24) is 19.8 Å². The van der Waals surface area contributed by atoms with Gasteiger partial charge in [-0.15, -0.1) is 0 Å². The molecule has 2 heterocycles. The molecule has 1 fully saturated rings. The Balaban J connectivity index is 1.64. The molecule has 0 saturated carbocycles. The van der Waals surface area contributed by atoms with E-state index in [1.54, 1.807) is 18.5 Å². The number of nitrogens with one attached hydrogen (secondary N) is 2. The van der Waals surface area contributed by atoms with E-state index >= 15 is 0 Å². The fourth-order valence-electron chi connectivity index (χ4n) is 2.45. The van der Waals surface area contributed by atoms with Crippen LogP contribution >= 0.6 is 11.6 Å². The number of amides is 1. The second-order valence-corrected chi connectivity index (χ2v) is 5.79. The summed E-state index contributed by atoms with van der Waals surface area (Å²) in [5.41, 5.74) is 2.25. The van der Waals surface area contributed by atoms with Gasteiger partial charge in [0.15, 0.2) is 0 Å². The number of carbonyl (C=O) groups excluding carboxylic acids is 1. The van der Waals surface area contributed by atoms with Gasteiger partial charge >= 0.3 is 0 Å². The number of rotatable bonds is 3. The molecule has 1 aliphatic heterocycles. The van der Waals surface area contributed by atoms with Crippen LogP contribution < -0.4 is 5.32 Å². The van der Waals surface area contributed by atoms with Crippen molar-refractivity contribution in [1.29, 1.82) is 0 Å². The van der Waals surface area contributed by atoms with Crippen molar-refractivity contribution < 1.29 is 4.79 Å². The summed E-state index contributed by atoms with van der Waals surface area (Å²) in [7, 11) is 2.09. The fraction of sp³-hybridized carbons (Fsp3) is 0.429. The van der Waals surface area contributed by atoms with Crippen molar-refractivity contribution >= 4 is 34.2 Å². The van der Waals surface area contributed by atoms with Gasteiger partial charge in [0.2, 0.25) is 5.91 Å². The number of nitrogens with zero attached hydrogens (tertiary/aromatic N) is 3. The Morgan fingerprint density at radius 3 is 2.90 bits per heavy atom. The molecule has 0 radical (unpaired) electrons. The quantitative estimate of drug-likeness (QED) is 0.900. The molecular weight excluding hydrogens is 290 g/mol. The van der Waals surface area contributed by atoms with E-state index in [4.69, 9.17) is 11.6 Å². The number of piperazine rings is 1. The molecule has 2 aromatic rings. The lowest BCUT2D eigenvalue weighted by molar-refractivity contribution is -0.117. The molecule has 6 nitrogen and oxygen atoms in total. The number of aromatic amines is 1. The van der Waals surface area contributed by atoms with Crippen LogP contribution in [-0.2, 0) is 4.79 Å². The van der Waals surface area contributed by atoms with Crippen LogP contribution in [0.15, 0.2) is 18.5 Å². The van der Waals surface area contributed by atoms with Gasteiger partial charge < -0.3 is 15.2 Å². The van der Waals surface area contributed by atoms with Gasteiger partial charge in [0.25, 0.3) is 0 Å². The monoisotopic (exact) mass is 307 g/mol. The Morgan fingerprint density at radius 1 is 1.38 bits per heavy atom. The van der Waals surface area contributed by atoms with Crippen molar-refractivity contribution in [3.63, 3.8) is 0 Å². The van der Waals surface area contributed by atoms with Crippen LogP contribution in [0.25, 0.3) is 11.0 Å². The van der Waals surface area contributed by atoms with E-state index in [0.717, 1.165) is 37.2 Å². The van der Waals surface area contributed by atoms with Gasteiger partial charge in [0, 0.05) is 26.2 Å². The third kappa shape index (κ3) is 3.34. The summed E-state index contributed by atoms with van der Waals surface area (Å²) in [6.45, 7) is 4.20. The molecule has 0 aliphatic carbocycles. The maximum Gasteiger partial charge on any atom is 0.238 e. The van der Waals surface area contributed by atoms with E-state index in [9.17, 15) is 4.79 Å². The van der Waals surface area contributed by atoms with Crippen molar-refractivity contribution in [3.8, 4) is 0 Å². The number of benzene rings is 1. The zero-order chi connectivity index (χ0) is 14.8. The number of fused-ring (bicyclic) bond motifs is 1. The third-order valence-corrected chi connectivity index (χ3v) is 4.06. The highest BCUT2D eigenvalue weighted by molar-refractivity contribution is 6.34. The molecule has 1 amide bonds. The first kappa shape index (κ1) is 14.3. The van der Waals surface area contributed by atoms with Crippen LogP contribution in [0.3, 0.4) is 0 Å². The Kier molecular flexibility index (Phi) is 4.10. The lowest BCUT2D eigenvalue weighted by Crippen LogP contribution is -2.47. The number of H-pyrrole nitrogens is 1. The Hall–Kier alpha value is -1.63. The third-order valence-electron chi connectivity index (χ3n) is 3.75. The lowest BCUT2D eigenvalue weighted by Gasteiger charge is -2.31. The predicted molar refractivity (Wildman–Crippen MR) is 83.7 cm³/mol. The van der Waals surface area contributed by atoms with E-state index < -0.39 is 0 Å². The molecule has 0 spiro atoms. The summed E-state index contributed by atoms with van der Waals surface area (Å²) in [5.74, 6) is -0.0451. The van der Waals surface area contributed by atoms with E-state index in [0.29, 0.717) is 17.3 Å².